The molecule has 0 atom stereocenters. The molecule has 0 aliphatic carbocycles. The molecule has 3 nitrogen and oxygen atoms in total. The van der Waals surface area contributed by atoms with Crippen molar-refractivity contribution in [1.82, 2.24) is 0 Å². The molecule has 16 heavy (non-hydrogen) atoms. The Balaban J connectivity index is 3.30. The van der Waals surface area contributed by atoms with Crippen molar-refractivity contribution >= 4 is 15.9 Å². The Morgan fingerprint density at radius 3 is 2.56 bits per heavy atom. The molecule has 0 aliphatic heterocycles. The van der Waals surface area contributed by atoms with Crippen LogP contribution in [0.2, 0.25) is 0 Å². The highest BCUT2D eigenvalue weighted by Gasteiger charge is 2.22. The van der Waals surface area contributed by atoms with Gasteiger partial charge in [-0.1, -0.05) is 0 Å². The molecule has 1 rings (SSSR count). The van der Waals surface area contributed by atoms with E-state index in [0.29, 0.717) is 12.0 Å². The third kappa shape index (κ3) is 2.86. The van der Waals surface area contributed by atoms with Gasteiger partial charge in [-0.25, -0.2) is 4.39 Å². The van der Waals surface area contributed by atoms with Crippen LogP contribution in [0.4, 0.5) is 4.39 Å². The highest BCUT2D eigenvalue weighted by molar-refractivity contribution is 9.10. The van der Waals surface area contributed by atoms with Gasteiger partial charge in [0.25, 0.3) is 0 Å². The quantitative estimate of drug-likeness (QED) is 0.900. The van der Waals surface area contributed by atoms with E-state index in [9.17, 15) is 9.50 Å². The molecule has 0 saturated heterocycles. The first-order chi connectivity index (χ1) is 7.26. The topological polar surface area (TPSA) is 55.5 Å². The maximum atomic E-state index is 13.5. The molecule has 0 spiro atoms. The smallest absolute Gasteiger partial charge is 0.163 e. The average molecular weight is 292 g/mol. The van der Waals surface area contributed by atoms with Gasteiger partial charge < -0.3 is 15.6 Å². The minimum absolute atomic E-state index is 0.0747. The Hall–Kier alpha value is -0.810. The van der Waals surface area contributed by atoms with Crippen molar-refractivity contribution in [2.75, 3.05) is 7.11 Å². The first-order valence-corrected chi connectivity index (χ1v) is 5.58. The monoisotopic (exact) mass is 291 g/mol. The maximum absolute atomic E-state index is 13.5. The zero-order chi connectivity index (χ0) is 12.5. The third-order valence-electron chi connectivity index (χ3n) is 2.10. The van der Waals surface area contributed by atoms with Crippen LogP contribution >= 0.6 is 15.9 Å². The largest absolute Gasteiger partial charge is 0.504 e. The van der Waals surface area contributed by atoms with Gasteiger partial charge in [-0.05, 0) is 36.2 Å². The summed E-state index contributed by atoms with van der Waals surface area (Å²) >= 11 is 3.10. The van der Waals surface area contributed by atoms with Crippen LogP contribution < -0.4 is 10.5 Å². The van der Waals surface area contributed by atoms with E-state index >= 15 is 0 Å². The molecule has 90 valence electrons. The van der Waals surface area contributed by atoms with Gasteiger partial charge in [-0.2, -0.15) is 0 Å². The molecule has 0 fully saturated rings. The van der Waals surface area contributed by atoms with Gasteiger partial charge in [-0.15, -0.1) is 0 Å². The van der Waals surface area contributed by atoms with E-state index in [1.54, 1.807) is 13.8 Å². The molecule has 0 heterocycles. The van der Waals surface area contributed by atoms with E-state index in [-0.39, 0.29) is 16.0 Å². The lowest BCUT2D eigenvalue weighted by Gasteiger charge is -2.21. The zero-order valence-corrected chi connectivity index (χ0v) is 11.1. The Bertz CT molecular complexity index is 402. The summed E-state index contributed by atoms with van der Waals surface area (Å²) in [5, 5.41) is 9.88. The second-order valence-corrected chi connectivity index (χ2v) is 5.16. The summed E-state index contributed by atoms with van der Waals surface area (Å²) in [7, 11) is 1.37. The standard InChI is InChI=1S/C11H15BrFNO2/c1-11(2,14)5-6-9(12)7(13)4-8(16-3)10(6)15/h4,15H,5,14H2,1-3H3. The Labute approximate surface area is 103 Å². The van der Waals surface area contributed by atoms with Gasteiger partial charge in [0.2, 0.25) is 0 Å². The molecule has 5 heteroatoms. The lowest BCUT2D eigenvalue weighted by Crippen LogP contribution is -2.34. The molecule has 0 amide bonds. The molecule has 0 bridgehead atoms. The van der Waals surface area contributed by atoms with Gasteiger partial charge in [0.15, 0.2) is 11.5 Å². The number of methoxy groups -OCH3 is 1. The van der Waals surface area contributed by atoms with Crippen molar-refractivity contribution in [2.45, 2.75) is 25.8 Å². The third-order valence-corrected chi connectivity index (χ3v) is 2.96. The summed E-state index contributed by atoms with van der Waals surface area (Å²) in [6.07, 6.45) is 0.341. The van der Waals surface area contributed by atoms with E-state index in [1.807, 2.05) is 0 Å². The minimum Gasteiger partial charge on any atom is -0.504 e. The molecule has 0 aromatic heterocycles. The fraction of sp³-hybridized carbons (Fsp3) is 0.455. The Morgan fingerprint density at radius 1 is 1.56 bits per heavy atom. The highest BCUT2D eigenvalue weighted by Crippen LogP contribution is 2.38. The molecule has 0 unspecified atom stereocenters. The van der Waals surface area contributed by atoms with Crippen molar-refractivity contribution in [3.05, 3.63) is 21.9 Å². The zero-order valence-electron chi connectivity index (χ0n) is 9.47. The molecule has 1 aromatic rings. The lowest BCUT2D eigenvalue weighted by atomic mass is 9.95. The van der Waals surface area contributed by atoms with E-state index in [0.717, 1.165) is 6.07 Å². The van der Waals surface area contributed by atoms with Crippen LogP contribution in [0.3, 0.4) is 0 Å². The maximum Gasteiger partial charge on any atom is 0.163 e. The van der Waals surface area contributed by atoms with E-state index in [1.165, 1.54) is 7.11 Å². The van der Waals surface area contributed by atoms with E-state index in [2.05, 4.69) is 15.9 Å². The van der Waals surface area contributed by atoms with Crippen LogP contribution in [-0.4, -0.2) is 17.8 Å². The number of hydrogen-bond acceptors (Lipinski definition) is 3. The summed E-state index contributed by atoms with van der Waals surface area (Å²) in [5.74, 6) is -0.442. The van der Waals surface area contributed by atoms with Crippen LogP contribution in [-0.2, 0) is 6.42 Å². The molecular weight excluding hydrogens is 277 g/mol. The van der Waals surface area contributed by atoms with Crippen LogP contribution in [0.15, 0.2) is 10.5 Å². The van der Waals surface area contributed by atoms with Crippen molar-refractivity contribution in [3.63, 3.8) is 0 Å². The summed E-state index contributed by atoms with van der Waals surface area (Å²) in [6.45, 7) is 3.60. The summed E-state index contributed by atoms with van der Waals surface area (Å²) in [5.41, 5.74) is 5.73. The van der Waals surface area contributed by atoms with Gasteiger partial charge in [0, 0.05) is 17.2 Å². The average Bonchev–Trinajstić information content (AvgIpc) is 2.17. The van der Waals surface area contributed by atoms with Gasteiger partial charge in [-0.3, -0.25) is 0 Å². The number of hydrogen-bond donors (Lipinski definition) is 2. The van der Waals surface area contributed by atoms with E-state index in [4.69, 9.17) is 10.5 Å². The number of phenols is 1. The second kappa shape index (κ2) is 4.59. The molecular formula is C11H15BrFNO2. The number of ether oxygens (including phenoxy) is 1. The Morgan fingerprint density at radius 2 is 2.12 bits per heavy atom. The first kappa shape index (κ1) is 13.3. The predicted octanol–water partition coefficient (Wildman–Crippen LogP) is 2.58. The molecule has 3 N–H and O–H groups in total. The van der Waals surface area contributed by atoms with E-state index < -0.39 is 11.4 Å². The molecule has 0 saturated carbocycles. The number of aromatic hydroxyl groups is 1. The van der Waals surface area contributed by atoms with Crippen LogP contribution in [0.25, 0.3) is 0 Å². The van der Waals surface area contributed by atoms with Crippen molar-refractivity contribution in [1.29, 1.82) is 0 Å². The van der Waals surface area contributed by atoms with Gasteiger partial charge in [0.05, 0.1) is 11.6 Å². The SMILES string of the molecule is COc1cc(F)c(Br)c(CC(C)(C)N)c1O. The van der Waals surface area contributed by atoms with Crippen molar-refractivity contribution in [3.8, 4) is 11.5 Å². The fourth-order valence-corrected chi connectivity index (χ4v) is 1.86. The summed E-state index contributed by atoms with van der Waals surface area (Å²) in [4.78, 5) is 0. The molecule has 0 radical (unpaired) electrons. The fourth-order valence-electron chi connectivity index (χ4n) is 1.42. The number of rotatable bonds is 3. The number of phenolic OH excluding ortho intramolecular Hbond substituents is 1. The molecule has 1 aromatic carbocycles. The van der Waals surface area contributed by atoms with Crippen LogP contribution in [0, 0.1) is 5.82 Å². The number of halogens is 2. The van der Waals surface area contributed by atoms with Crippen LogP contribution in [0.1, 0.15) is 19.4 Å². The molecule has 0 aliphatic rings. The normalized spacial score (nSPS) is 11.6. The van der Waals surface area contributed by atoms with Crippen LogP contribution in [0.5, 0.6) is 11.5 Å². The second-order valence-electron chi connectivity index (χ2n) is 4.37. The number of nitrogens with two attached hydrogens (primary N) is 1. The lowest BCUT2D eigenvalue weighted by molar-refractivity contribution is 0.363. The van der Waals surface area contributed by atoms with Crippen molar-refractivity contribution < 1.29 is 14.2 Å². The Kier molecular flexibility index (Phi) is 3.80. The van der Waals surface area contributed by atoms with Crippen molar-refractivity contribution in [2.24, 2.45) is 5.73 Å². The first-order valence-electron chi connectivity index (χ1n) is 4.79. The predicted molar refractivity (Wildman–Crippen MR) is 64.3 cm³/mol. The summed E-state index contributed by atoms with van der Waals surface area (Å²) in [6, 6.07) is 1.13. The highest BCUT2D eigenvalue weighted by atomic mass is 79.9. The van der Waals surface area contributed by atoms with Gasteiger partial charge in [0.1, 0.15) is 5.82 Å². The summed E-state index contributed by atoms with van der Waals surface area (Å²) < 4.78 is 18.6. The van der Waals surface area contributed by atoms with Gasteiger partial charge >= 0.3 is 0 Å². The minimum atomic E-state index is -0.543. The number of benzene rings is 1.